The third kappa shape index (κ3) is 1.78. The van der Waals surface area contributed by atoms with Crippen LogP contribution in [0.1, 0.15) is 5.56 Å². The minimum atomic E-state index is -0.0582. The second-order valence-electron chi connectivity index (χ2n) is 2.18. The van der Waals surface area contributed by atoms with Gasteiger partial charge in [0.15, 0.2) is 18.5 Å². The quantitative estimate of drug-likeness (QED) is 0.347. The molecule has 13 heavy (non-hydrogen) atoms. The van der Waals surface area contributed by atoms with E-state index in [1.807, 2.05) is 6.07 Å². The molecule has 0 bridgehead atoms. The molecule has 1 rings (SSSR count). The Bertz CT molecular complexity index is 455. The zero-order valence-electron chi connectivity index (χ0n) is 6.60. The lowest BCUT2D eigenvalue weighted by atomic mass is 10.3. The van der Waals surface area contributed by atoms with Gasteiger partial charge >= 0.3 is 5.70 Å². The summed E-state index contributed by atoms with van der Waals surface area (Å²) < 4.78 is 1.32. The van der Waals surface area contributed by atoms with E-state index in [1.54, 1.807) is 30.3 Å². The highest BCUT2D eigenvalue weighted by Gasteiger charge is 2.06. The van der Waals surface area contributed by atoms with Gasteiger partial charge in [0.25, 0.3) is 0 Å². The van der Waals surface area contributed by atoms with E-state index in [1.165, 1.54) is 10.8 Å². The maximum absolute atomic E-state index is 8.55. The number of allylic oxidation sites excluding steroid dienone is 1. The molecule has 0 spiro atoms. The molecule has 0 fully saturated rings. The third-order valence-corrected chi connectivity index (χ3v) is 1.40. The van der Waals surface area contributed by atoms with E-state index in [4.69, 9.17) is 15.9 Å². The molecule has 0 saturated heterocycles. The van der Waals surface area contributed by atoms with E-state index in [9.17, 15) is 0 Å². The van der Waals surface area contributed by atoms with Crippen molar-refractivity contribution in [2.45, 2.75) is 0 Å². The Labute approximate surface area is 75.1 Å². The molecule has 0 saturated carbocycles. The van der Waals surface area contributed by atoms with Gasteiger partial charge in [-0.25, -0.2) is 0 Å². The number of hydrogen-bond acceptors (Lipinski definition) is 2. The number of rotatable bonds is 1. The molecule has 0 aliphatic rings. The molecule has 0 N–H and O–H groups in total. The van der Waals surface area contributed by atoms with Crippen molar-refractivity contribution in [1.82, 2.24) is 0 Å². The lowest BCUT2D eigenvalue weighted by Gasteiger charge is -1.90. The molecule has 4 nitrogen and oxygen atoms in total. The van der Waals surface area contributed by atoms with Crippen LogP contribution < -0.4 is 4.57 Å². The molecule has 0 radical (unpaired) electrons. The summed E-state index contributed by atoms with van der Waals surface area (Å²) in [5.41, 5.74) is 0.350. The maximum Gasteiger partial charge on any atom is 0.309 e. The molecule has 0 unspecified atom stereocenters. The summed E-state index contributed by atoms with van der Waals surface area (Å²) in [6.07, 6.45) is 2.98. The summed E-state index contributed by atoms with van der Waals surface area (Å²) in [6.45, 7) is 0. The number of aromatic nitrogens is 1. The monoisotopic (exact) mass is 168 g/mol. The van der Waals surface area contributed by atoms with Gasteiger partial charge in [0.1, 0.15) is 11.6 Å². The van der Waals surface area contributed by atoms with Gasteiger partial charge < -0.3 is 5.41 Å². The van der Waals surface area contributed by atoms with Crippen molar-refractivity contribution in [2.24, 2.45) is 0 Å². The fraction of sp³-hybridized carbons (Fsp3) is 0. The number of hydrogen-bond donors (Lipinski definition) is 0. The molecule has 4 heteroatoms. The summed E-state index contributed by atoms with van der Waals surface area (Å²) >= 11 is 0. The molecule has 0 aromatic carbocycles. The predicted molar refractivity (Wildman–Crippen MR) is 45.0 cm³/mol. The highest BCUT2D eigenvalue weighted by atomic mass is 14.9. The summed E-state index contributed by atoms with van der Waals surface area (Å²) in [6, 6.07) is 6.85. The summed E-state index contributed by atoms with van der Waals surface area (Å²) in [5.74, 6) is 1.73. The van der Waals surface area contributed by atoms with Crippen molar-refractivity contribution in [1.29, 1.82) is 10.5 Å². The van der Waals surface area contributed by atoms with Gasteiger partial charge in [0.2, 0.25) is 0 Å². The van der Waals surface area contributed by atoms with E-state index in [2.05, 4.69) is 0 Å². The number of nitriles is 2. The van der Waals surface area contributed by atoms with Crippen LogP contribution in [-0.4, -0.2) is 5.87 Å². The Morgan fingerprint density at radius 3 is 2.77 bits per heavy atom. The van der Waals surface area contributed by atoms with Crippen LogP contribution in [0.3, 0.4) is 0 Å². The van der Waals surface area contributed by atoms with Gasteiger partial charge in [-0.3, -0.25) is 0 Å². The van der Waals surface area contributed by atoms with Crippen LogP contribution in [0.5, 0.6) is 0 Å². The van der Waals surface area contributed by atoms with Crippen molar-refractivity contribution in [3.8, 4) is 12.1 Å². The van der Waals surface area contributed by atoms with Crippen LogP contribution in [0.15, 0.2) is 24.5 Å². The molecule has 60 valence electrons. The SMILES string of the molecule is N#CC(=C=[N-])[n+]1cccc(C#N)c1. The van der Waals surface area contributed by atoms with Crippen molar-refractivity contribution in [3.05, 3.63) is 35.5 Å². The van der Waals surface area contributed by atoms with Crippen molar-refractivity contribution in [2.75, 3.05) is 0 Å². The van der Waals surface area contributed by atoms with Crippen molar-refractivity contribution < 1.29 is 4.57 Å². The van der Waals surface area contributed by atoms with Gasteiger partial charge in [0.05, 0.1) is 0 Å². The first-order valence-electron chi connectivity index (χ1n) is 3.40. The van der Waals surface area contributed by atoms with Crippen LogP contribution in [0, 0.1) is 22.7 Å². The van der Waals surface area contributed by atoms with Crippen LogP contribution in [0.25, 0.3) is 11.1 Å². The van der Waals surface area contributed by atoms with Gasteiger partial charge in [-0.15, -0.1) is 0 Å². The van der Waals surface area contributed by atoms with E-state index in [-0.39, 0.29) is 5.70 Å². The second-order valence-corrected chi connectivity index (χ2v) is 2.18. The topological polar surface area (TPSA) is 73.8 Å². The molecule has 0 atom stereocenters. The Morgan fingerprint density at radius 1 is 1.46 bits per heavy atom. The van der Waals surface area contributed by atoms with Crippen molar-refractivity contribution >= 4 is 11.6 Å². The second kappa shape index (κ2) is 3.82. The van der Waals surface area contributed by atoms with E-state index < -0.39 is 0 Å². The Hall–Kier alpha value is -2.42. The largest absolute Gasteiger partial charge is 0.757 e. The molecule has 0 amide bonds. The zero-order chi connectivity index (χ0) is 9.68. The van der Waals surface area contributed by atoms with E-state index in [0.29, 0.717) is 5.56 Å². The summed E-state index contributed by atoms with van der Waals surface area (Å²) in [4.78, 5) is 0. The van der Waals surface area contributed by atoms with Crippen LogP contribution >= 0.6 is 0 Å². The summed E-state index contributed by atoms with van der Waals surface area (Å²) in [7, 11) is 0. The average molecular weight is 168 g/mol. The highest BCUT2D eigenvalue weighted by Crippen LogP contribution is 1.92. The summed E-state index contributed by atoms with van der Waals surface area (Å²) in [5, 5.41) is 25.6. The Kier molecular flexibility index (Phi) is 2.55. The zero-order valence-corrected chi connectivity index (χ0v) is 6.60. The average Bonchev–Trinajstić information content (AvgIpc) is 2.20. The van der Waals surface area contributed by atoms with Crippen LogP contribution in [-0.2, 0) is 0 Å². The lowest BCUT2D eigenvalue weighted by molar-refractivity contribution is -0.576. The minimum absolute atomic E-state index is 0.0582. The minimum Gasteiger partial charge on any atom is -0.757 e. The number of nitrogens with zero attached hydrogens (tertiary/aromatic N) is 4. The van der Waals surface area contributed by atoms with Gasteiger partial charge in [0, 0.05) is 6.07 Å². The first-order valence-corrected chi connectivity index (χ1v) is 3.40. The molecule has 0 aliphatic carbocycles. The van der Waals surface area contributed by atoms with Gasteiger partial charge in [-0.2, -0.15) is 21.0 Å². The molecular formula is C9H4N4. The lowest BCUT2D eigenvalue weighted by Crippen LogP contribution is -2.31. The normalized spacial score (nSPS) is 7.85. The fourth-order valence-electron chi connectivity index (χ4n) is 0.821. The van der Waals surface area contributed by atoms with Gasteiger partial charge in [-0.1, -0.05) is 0 Å². The van der Waals surface area contributed by atoms with E-state index >= 15 is 0 Å². The molecule has 1 aromatic heterocycles. The smallest absolute Gasteiger partial charge is 0.309 e. The van der Waals surface area contributed by atoms with Gasteiger partial charge in [-0.05, 0) is 6.07 Å². The third-order valence-electron chi connectivity index (χ3n) is 1.40. The number of pyridine rings is 1. The highest BCUT2D eigenvalue weighted by molar-refractivity contribution is 5.84. The standard InChI is InChI=1S/C9H4N4/c10-4-8-2-1-3-13(7-8)9(5-11)6-12/h1-3,7H. The van der Waals surface area contributed by atoms with Crippen LogP contribution in [0.2, 0.25) is 0 Å². The first kappa shape index (κ1) is 8.67. The molecule has 1 heterocycles. The Morgan fingerprint density at radius 2 is 2.23 bits per heavy atom. The Balaban J connectivity index is 3.27. The molecule has 1 aromatic rings. The maximum atomic E-state index is 8.55. The fourth-order valence-corrected chi connectivity index (χ4v) is 0.821. The molecule has 0 aliphatic heterocycles. The van der Waals surface area contributed by atoms with Crippen LogP contribution in [0.4, 0.5) is 0 Å². The first-order chi connectivity index (χ1) is 6.31. The molecular weight excluding hydrogens is 164 g/mol. The van der Waals surface area contributed by atoms with Crippen molar-refractivity contribution in [3.63, 3.8) is 0 Å². The van der Waals surface area contributed by atoms with E-state index in [0.717, 1.165) is 0 Å². The predicted octanol–water partition coefficient (Wildman–Crippen LogP) is 0.449.